The zero-order valence-electron chi connectivity index (χ0n) is 20.4. The zero-order chi connectivity index (χ0) is 22.6. The lowest BCUT2D eigenvalue weighted by Gasteiger charge is -2.21. The van der Waals surface area contributed by atoms with Gasteiger partial charge in [-0.15, -0.1) is 0 Å². The standard InChI is InChI=1S/C27H32N2.C2H6/c1-18-6-7-19(2)24(16-18)20-8-10-21(11-9-20)25-17-26(29-28-25)22-12-14-23(15-13-22)27(3,4)5;1-2/h8-10,12-16,21H,6-7,11,17H2,1-5H3;1-2H3. The first-order valence-corrected chi connectivity index (χ1v) is 11.8. The summed E-state index contributed by atoms with van der Waals surface area (Å²) >= 11 is 0. The summed E-state index contributed by atoms with van der Waals surface area (Å²) in [4.78, 5) is 0. The van der Waals surface area contributed by atoms with Gasteiger partial charge in [0, 0.05) is 12.3 Å². The number of rotatable bonds is 3. The van der Waals surface area contributed by atoms with E-state index in [-0.39, 0.29) is 5.41 Å². The lowest BCUT2D eigenvalue weighted by atomic mass is 9.83. The summed E-state index contributed by atoms with van der Waals surface area (Å²) in [5.74, 6) is 0.364. The second-order valence-corrected chi connectivity index (χ2v) is 9.69. The maximum absolute atomic E-state index is 4.55. The Balaban J connectivity index is 0.00000132. The predicted molar refractivity (Wildman–Crippen MR) is 136 cm³/mol. The van der Waals surface area contributed by atoms with Crippen molar-refractivity contribution in [1.29, 1.82) is 0 Å². The molecule has 1 aliphatic heterocycles. The van der Waals surface area contributed by atoms with Crippen LogP contribution in [0.15, 0.2) is 81.1 Å². The van der Waals surface area contributed by atoms with Gasteiger partial charge in [-0.3, -0.25) is 0 Å². The molecule has 31 heavy (non-hydrogen) atoms. The number of hydrogen-bond acceptors (Lipinski definition) is 2. The van der Waals surface area contributed by atoms with Crippen molar-refractivity contribution in [3.05, 3.63) is 82.0 Å². The van der Waals surface area contributed by atoms with E-state index >= 15 is 0 Å². The molecule has 0 fully saturated rings. The van der Waals surface area contributed by atoms with Crippen molar-refractivity contribution in [2.24, 2.45) is 16.1 Å². The second kappa shape index (κ2) is 9.77. The summed E-state index contributed by atoms with van der Waals surface area (Å²) in [5, 5.41) is 9.07. The van der Waals surface area contributed by atoms with Gasteiger partial charge in [0.15, 0.2) is 0 Å². The van der Waals surface area contributed by atoms with E-state index in [1.807, 2.05) is 13.8 Å². The third-order valence-electron chi connectivity index (χ3n) is 6.32. The summed E-state index contributed by atoms with van der Waals surface area (Å²) in [6.07, 6.45) is 13.6. The van der Waals surface area contributed by atoms with E-state index in [2.05, 4.69) is 93.4 Å². The van der Waals surface area contributed by atoms with Gasteiger partial charge in [-0.2, -0.15) is 10.2 Å². The van der Waals surface area contributed by atoms with Gasteiger partial charge < -0.3 is 0 Å². The predicted octanol–water partition coefficient (Wildman–Crippen LogP) is 8.12. The van der Waals surface area contributed by atoms with Gasteiger partial charge in [-0.1, -0.05) is 94.3 Å². The van der Waals surface area contributed by atoms with Crippen LogP contribution in [-0.2, 0) is 5.41 Å². The van der Waals surface area contributed by atoms with E-state index in [1.165, 1.54) is 52.0 Å². The van der Waals surface area contributed by atoms with Crippen molar-refractivity contribution < 1.29 is 0 Å². The Kier molecular flexibility index (Phi) is 7.30. The van der Waals surface area contributed by atoms with Crippen LogP contribution in [0.4, 0.5) is 0 Å². The highest BCUT2D eigenvalue weighted by Crippen LogP contribution is 2.33. The molecule has 4 rings (SSSR count). The van der Waals surface area contributed by atoms with E-state index in [0.717, 1.165) is 18.6 Å². The van der Waals surface area contributed by atoms with Crippen molar-refractivity contribution in [3.63, 3.8) is 0 Å². The topological polar surface area (TPSA) is 24.7 Å². The fraction of sp³-hybridized carbons (Fsp3) is 0.448. The zero-order valence-corrected chi connectivity index (χ0v) is 20.4. The van der Waals surface area contributed by atoms with Crippen LogP contribution in [-0.4, -0.2) is 11.4 Å². The monoisotopic (exact) mass is 414 g/mol. The van der Waals surface area contributed by atoms with Crippen molar-refractivity contribution in [2.45, 2.75) is 79.6 Å². The minimum absolute atomic E-state index is 0.175. The molecule has 2 nitrogen and oxygen atoms in total. The average molecular weight is 415 g/mol. The Morgan fingerprint density at radius 2 is 1.65 bits per heavy atom. The molecule has 1 aromatic carbocycles. The lowest BCUT2D eigenvalue weighted by molar-refractivity contribution is 0.590. The molecule has 0 N–H and O–H groups in total. The molecule has 2 aliphatic carbocycles. The van der Waals surface area contributed by atoms with Crippen molar-refractivity contribution >= 4 is 11.4 Å². The minimum Gasteiger partial charge on any atom is -0.159 e. The molecule has 0 spiro atoms. The Morgan fingerprint density at radius 1 is 0.935 bits per heavy atom. The van der Waals surface area contributed by atoms with E-state index in [4.69, 9.17) is 0 Å². The highest BCUT2D eigenvalue weighted by molar-refractivity contribution is 6.16. The fourth-order valence-electron chi connectivity index (χ4n) is 4.25. The molecule has 0 amide bonds. The molecule has 1 aromatic rings. The summed E-state index contributed by atoms with van der Waals surface area (Å²) in [6, 6.07) is 8.83. The summed E-state index contributed by atoms with van der Waals surface area (Å²) < 4.78 is 0. The molecule has 1 heterocycles. The van der Waals surface area contributed by atoms with Crippen LogP contribution in [0.5, 0.6) is 0 Å². The Bertz CT molecular complexity index is 986. The molecule has 2 heteroatoms. The Morgan fingerprint density at radius 3 is 2.26 bits per heavy atom. The minimum atomic E-state index is 0.175. The number of benzene rings is 1. The molecule has 0 saturated heterocycles. The van der Waals surface area contributed by atoms with Gasteiger partial charge in [0.05, 0.1) is 11.4 Å². The molecular formula is C29H38N2. The molecule has 0 bridgehead atoms. The fourth-order valence-corrected chi connectivity index (χ4v) is 4.25. The first-order chi connectivity index (χ1) is 14.8. The Hall–Kier alpha value is -2.48. The van der Waals surface area contributed by atoms with Crippen LogP contribution in [0.1, 0.15) is 85.3 Å². The third kappa shape index (κ3) is 5.42. The van der Waals surface area contributed by atoms with E-state index in [1.54, 1.807) is 0 Å². The van der Waals surface area contributed by atoms with Gasteiger partial charge in [0.1, 0.15) is 0 Å². The molecule has 164 valence electrons. The smallest absolute Gasteiger partial charge is 0.0759 e. The average Bonchev–Trinajstić information content (AvgIpc) is 3.27. The molecule has 1 unspecified atom stereocenters. The molecule has 0 aromatic heterocycles. The van der Waals surface area contributed by atoms with Gasteiger partial charge in [-0.05, 0) is 60.8 Å². The first kappa shape index (κ1) is 23.2. The van der Waals surface area contributed by atoms with Crippen molar-refractivity contribution in [3.8, 4) is 0 Å². The van der Waals surface area contributed by atoms with Crippen LogP contribution in [0, 0.1) is 5.92 Å². The maximum Gasteiger partial charge on any atom is 0.0759 e. The van der Waals surface area contributed by atoms with E-state index < -0.39 is 0 Å². The van der Waals surface area contributed by atoms with Crippen LogP contribution in [0.25, 0.3) is 0 Å². The van der Waals surface area contributed by atoms with Crippen LogP contribution in [0.3, 0.4) is 0 Å². The summed E-state index contributed by atoms with van der Waals surface area (Å²) in [7, 11) is 0. The quantitative estimate of drug-likeness (QED) is 0.477. The van der Waals surface area contributed by atoms with Gasteiger partial charge in [0.25, 0.3) is 0 Å². The SMILES string of the molecule is CC.CC1=CC(C2=CCC(C3=NN=C(c4ccc(C(C)(C)C)cc4)C3)C=C2)=C(C)CC1. The lowest BCUT2D eigenvalue weighted by Crippen LogP contribution is -2.16. The van der Waals surface area contributed by atoms with Crippen LogP contribution >= 0.6 is 0 Å². The highest BCUT2D eigenvalue weighted by atomic mass is 15.2. The van der Waals surface area contributed by atoms with Gasteiger partial charge in [-0.25, -0.2) is 0 Å². The van der Waals surface area contributed by atoms with E-state index in [9.17, 15) is 0 Å². The van der Waals surface area contributed by atoms with Gasteiger partial charge in [0.2, 0.25) is 0 Å². The van der Waals surface area contributed by atoms with E-state index in [0.29, 0.717) is 5.92 Å². The second-order valence-electron chi connectivity index (χ2n) is 9.69. The van der Waals surface area contributed by atoms with Crippen LogP contribution in [0.2, 0.25) is 0 Å². The molecule has 3 aliphatic rings. The number of hydrogen-bond donors (Lipinski definition) is 0. The van der Waals surface area contributed by atoms with Crippen molar-refractivity contribution in [2.75, 3.05) is 0 Å². The number of nitrogens with zero attached hydrogens (tertiary/aromatic N) is 2. The third-order valence-corrected chi connectivity index (χ3v) is 6.32. The maximum atomic E-state index is 4.55. The molecule has 1 atom stereocenters. The molecule has 0 radical (unpaired) electrons. The molecule has 0 saturated carbocycles. The normalized spacial score (nSPS) is 21.1. The number of allylic oxidation sites excluding steroid dienone is 8. The molecular weight excluding hydrogens is 376 g/mol. The Labute approximate surface area is 189 Å². The highest BCUT2D eigenvalue weighted by Gasteiger charge is 2.23. The van der Waals surface area contributed by atoms with Crippen LogP contribution < -0.4 is 0 Å². The summed E-state index contributed by atoms with van der Waals surface area (Å²) in [5.41, 5.74) is 10.8. The van der Waals surface area contributed by atoms with Gasteiger partial charge >= 0.3 is 0 Å². The largest absolute Gasteiger partial charge is 0.159 e. The van der Waals surface area contributed by atoms with Crippen molar-refractivity contribution in [1.82, 2.24) is 0 Å². The first-order valence-electron chi connectivity index (χ1n) is 11.8. The summed E-state index contributed by atoms with van der Waals surface area (Å²) in [6.45, 7) is 15.2.